The summed E-state index contributed by atoms with van der Waals surface area (Å²) in [5.41, 5.74) is 5.97. The Labute approximate surface area is 153 Å². The lowest BCUT2D eigenvalue weighted by atomic mass is 9.46. The maximum Gasteiger partial charge on any atom is 0.245 e. The molecule has 1 amide bonds. The predicted octanol–water partition coefficient (Wildman–Crippen LogP) is 2.35. The van der Waals surface area contributed by atoms with Gasteiger partial charge >= 0.3 is 0 Å². The molecule has 3 atom stereocenters. The van der Waals surface area contributed by atoms with Crippen LogP contribution in [0.1, 0.15) is 26.7 Å². The highest BCUT2D eigenvalue weighted by molar-refractivity contribution is 6.00. The largest absolute Gasteiger partial charge is 0.486 e. The van der Waals surface area contributed by atoms with E-state index in [1.54, 1.807) is 6.07 Å². The Kier molecular flexibility index (Phi) is 4.64. The number of fused-ring (bicyclic) bond motifs is 2. The molecule has 6 nitrogen and oxygen atoms in total. The fraction of sp³-hybridized carbons (Fsp3) is 0.611. The minimum atomic E-state index is -0.925. The number of nitrogens with one attached hydrogen (secondary N) is 1. The number of ether oxygens (including phenoxy) is 3. The third-order valence-corrected chi connectivity index (χ3v) is 5.86. The number of anilines is 1. The lowest BCUT2D eigenvalue weighted by Crippen LogP contribution is -2.81. The summed E-state index contributed by atoms with van der Waals surface area (Å²) in [6, 6.07) is 5.41. The smallest absolute Gasteiger partial charge is 0.245 e. The minimum absolute atomic E-state index is 0. The maximum absolute atomic E-state index is 13.0. The van der Waals surface area contributed by atoms with Crippen LogP contribution in [0.25, 0.3) is 0 Å². The summed E-state index contributed by atoms with van der Waals surface area (Å²) in [6.07, 6.45) is 1.94. The molecular weight excluding hydrogens is 344 g/mol. The Bertz CT molecular complexity index is 681. The average molecular weight is 369 g/mol. The molecule has 4 rings (SSSR count). The Morgan fingerprint density at radius 3 is 2.68 bits per heavy atom. The van der Waals surface area contributed by atoms with E-state index in [-0.39, 0.29) is 30.3 Å². The van der Waals surface area contributed by atoms with Gasteiger partial charge in [-0.25, -0.2) is 0 Å². The highest BCUT2D eigenvalue weighted by Crippen LogP contribution is 2.57. The maximum atomic E-state index is 13.0. The molecule has 2 heterocycles. The molecule has 7 heteroatoms. The zero-order valence-electron chi connectivity index (χ0n) is 14.5. The van der Waals surface area contributed by atoms with Gasteiger partial charge in [-0.05, 0) is 25.0 Å². The van der Waals surface area contributed by atoms with E-state index in [0.29, 0.717) is 30.4 Å². The summed E-state index contributed by atoms with van der Waals surface area (Å²) in [5.74, 6) is 1.26. The summed E-state index contributed by atoms with van der Waals surface area (Å²) in [5, 5.41) is 2.97. The van der Waals surface area contributed by atoms with Crippen molar-refractivity contribution in [2.75, 3.05) is 25.1 Å². The van der Waals surface area contributed by atoms with Crippen molar-refractivity contribution in [3.8, 4) is 11.5 Å². The number of nitrogens with two attached hydrogens (primary N) is 1. The molecule has 2 fully saturated rings. The van der Waals surface area contributed by atoms with Crippen LogP contribution in [0.5, 0.6) is 11.5 Å². The third kappa shape index (κ3) is 2.58. The van der Waals surface area contributed by atoms with Gasteiger partial charge in [0.1, 0.15) is 18.8 Å². The van der Waals surface area contributed by atoms with Crippen molar-refractivity contribution < 1.29 is 19.0 Å². The molecule has 0 radical (unpaired) electrons. The molecule has 0 aromatic heterocycles. The fourth-order valence-corrected chi connectivity index (χ4v) is 4.39. The van der Waals surface area contributed by atoms with E-state index in [4.69, 9.17) is 19.9 Å². The number of halogens is 1. The van der Waals surface area contributed by atoms with Crippen LogP contribution in [0, 0.1) is 11.3 Å². The molecule has 138 valence electrons. The standard InChI is InChI=1S/C18H24N2O4.ClH/c1-17(2)15-12(4-3-7-24-15)18(17,19)16(21)20-11-5-6-13-14(10-11)23-9-8-22-13;/h5-6,10,12,15H,3-4,7-9,19H2,1-2H3,(H,20,21);1H. The Morgan fingerprint density at radius 1 is 1.20 bits per heavy atom. The Morgan fingerprint density at radius 2 is 1.92 bits per heavy atom. The van der Waals surface area contributed by atoms with Crippen molar-refractivity contribution in [3.63, 3.8) is 0 Å². The summed E-state index contributed by atoms with van der Waals surface area (Å²) in [7, 11) is 0. The second-order valence-corrected chi connectivity index (χ2v) is 7.44. The number of benzene rings is 1. The van der Waals surface area contributed by atoms with Gasteiger partial charge < -0.3 is 25.3 Å². The molecule has 0 bridgehead atoms. The predicted molar refractivity (Wildman–Crippen MR) is 96.5 cm³/mol. The fourth-order valence-electron chi connectivity index (χ4n) is 4.39. The molecule has 0 spiro atoms. The Hall–Kier alpha value is -1.50. The first-order chi connectivity index (χ1) is 11.4. The number of carbonyl (C=O) groups is 1. The molecule has 3 unspecified atom stereocenters. The van der Waals surface area contributed by atoms with Crippen LogP contribution < -0.4 is 20.5 Å². The monoisotopic (exact) mass is 368 g/mol. The molecule has 25 heavy (non-hydrogen) atoms. The van der Waals surface area contributed by atoms with Gasteiger partial charge in [-0.3, -0.25) is 4.79 Å². The SMILES string of the molecule is CC1(C)C2OCCCC2C1(N)C(=O)Nc1ccc2c(c1)OCCO2.Cl. The van der Waals surface area contributed by atoms with Gasteiger partial charge in [0, 0.05) is 29.7 Å². The van der Waals surface area contributed by atoms with Crippen molar-refractivity contribution in [1.82, 2.24) is 0 Å². The van der Waals surface area contributed by atoms with Crippen LogP contribution in [0.15, 0.2) is 18.2 Å². The van der Waals surface area contributed by atoms with Gasteiger partial charge in [0.25, 0.3) is 0 Å². The van der Waals surface area contributed by atoms with Crippen LogP contribution in [0.2, 0.25) is 0 Å². The minimum Gasteiger partial charge on any atom is -0.486 e. The molecular formula is C18H25ClN2O4. The van der Waals surface area contributed by atoms with Crippen molar-refractivity contribution in [2.45, 2.75) is 38.3 Å². The second kappa shape index (κ2) is 6.34. The van der Waals surface area contributed by atoms with E-state index >= 15 is 0 Å². The van der Waals surface area contributed by atoms with E-state index in [0.717, 1.165) is 19.4 Å². The van der Waals surface area contributed by atoms with Crippen molar-refractivity contribution in [3.05, 3.63) is 18.2 Å². The van der Waals surface area contributed by atoms with E-state index in [1.165, 1.54) is 0 Å². The zero-order valence-corrected chi connectivity index (χ0v) is 15.4. The molecule has 2 aliphatic heterocycles. The van der Waals surface area contributed by atoms with Gasteiger partial charge in [-0.2, -0.15) is 0 Å². The van der Waals surface area contributed by atoms with Gasteiger partial charge in [0.15, 0.2) is 11.5 Å². The van der Waals surface area contributed by atoms with Gasteiger partial charge in [0.05, 0.1) is 6.10 Å². The van der Waals surface area contributed by atoms with E-state index in [9.17, 15) is 4.79 Å². The molecule has 1 saturated carbocycles. The van der Waals surface area contributed by atoms with E-state index in [2.05, 4.69) is 5.32 Å². The summed E-state index contributed by atoms with van der Waals surface area (Å²) in [6.45, 7) is 5.84. The zero-order chi connectivity index (χ0) is 16.9. The lowest BCUT2D eigenvalue weighted by molar-refractivity contribution is -0.222. The topological polar surface area (TPSA) is 82.8 Å². The summed E-state index contributed by atoms with van der Waals surface area (Å²) >= 11 is 0. The molecule has 3 N–H and O–H groups in total. The van der Waals surface area contributed by atoms with Gasteiger partial charge in [-0.15, -0.1) is 12.4 Å². The number of amides is 1. The number of hydrogen-bond acceptors (Lipinski definition) is 5. The van der Waals surface area contributed by atoms with E-state index < -0.39 is 11.0 Å². The Balaban J connectivity index is 0.00000182. The van der Waals surface area contributed by atoms with Crippen LogP contribution >= 0.6 is 12.4 Å². The normalized spacial score (nSPS) is 31.8. The first kappa shape index (κ1) is 18.3. The molecule has 1 saturated heterocycles. The van der Waals surface area contributed by atoms with Crippen molar-refractivity contribution in [1.29, 1.82) is 0 Å². The quantitative estimate of drug-likeness (QED) is 0.837. The molecule has 1 aliphatic carbocycles. The summed E-state index contributed by atoms with van der Waals surface area (Å²) in [4.78, 5) is 13.0. The number of rotatable bonds is 2. The highest BCUT2D eigenvalue weighted by Gasteiger charge is 2.70. The first-order valence-corrected chi connectivity index (χ1v) is 8.56. The number of carbonyl (C=O) groups excluding carboxylic acids is 1. The van der Waals surface area contributed by atoms with Gasteiger partial charge in [-0.1, -0.05) is 13.8 Å². The molecule has 3 aliphatic rings. The second-order valence-electron chi connectivity index (χ2n) is 7.44. The molecule has 1 aromatic rings. The van der Waals surface area contributed by atoms with Gasteiger partial charge in [0.2, 0.25) is 5.91 Å². The summed E-state index contributed by atoms with van der Waals surface area (Å²) < 4.78 is 16.9. The van der Waals surface area contributed by atoms with Crippen molar-refractivity contribution >= 4 is 24.0 Å². The van der Waals surface area contributed by atoms with Crippen LogP contribution in [0.3, 0.4) is 0 Å². The average Bonchev–Trinajstić information content (AvgIpc) is 2.60. The van der Waals surface area contributed by atoms with Crippen LogP contribution in [-0.4, -0.2) is 37.4 Å². The van der Waals surface area contributed by atoms with Crippen LogP contribution in [0.4, 0.5) is 5.69 Å². The molecule has 1 aromatic carbocycles. The number of hydrogen-bond donors (Lipinski definition) is 2. The van der Waals surface area contributed by atoms with Crippen LogP contribution in [-0.2, 0) is 9.53 Å². The third-order valence-electron chi connectivity index (χ3n) is 5.86. The highest BCUT2D eigenvalue weighted by atomic mass is 35.5. The van der Waals surface area contributed by atoms with Crippen molar-refractivity contribution in [2.24, 2.45) is 17.1 Å². The van der Waals surface area contributed by atoms with E-state index in [1.807, 2.05) is 26.0 Å². The first-order valence-electron chi connectivity index (χ1n) is 8.56. The lowest BCUT2D eigenvalue weighted by Gasteiger charge is -2.65.